The molecule has 4 rings (SSSR count). The summed E-state index contributed by atoms with van der Waals surface area (Å²) in [5, 5.41) is 9.70. The molecule has 0 saturated heterocycles. The summed E-state index contributed by atoms with van der Waals surface area (Å²) in [6.45, 7) is 1.89. The Hall–Kier alpha value is -3.72. The fraction of sp³-hybridized carbons (Fsp3) is 0.0952. The van der Waals surface area contributed by atoms with Crippen molar-refractivity contribution >= 4 is 22.6 Å². The quantitative estimate of drug-likeness (QED) is 0.510. The van der Waals surface area contributed by atoms with E-state index in [2.05, 4.69) is 11.1 Å². The topological polar surface area (TPSA) is 67.4 Å². The summed E-state index contributed by atoms with van der Waals surface area (Å²) in [5.74, 6) is -0.947. The molecule has 2 aromatic carbocycles. The van der Waals surface area contributed by atoms with Crippen LogP contribution in [0, 0.1) is 17.1 Å². The van der Waals surface area contributed by atoms with Crippen molar-refractivity contribution in [2.75, 3.05) is 6.61 Å². The summed E-state index contributed by atoms with van der Waals surface area (Å²) in [7, 11) is 0. The Morgan fingerprint density at radius 1 is 1.22 bits per heavy atom. The van der Waals surface area contributed by atoms with Crippen LogP contribution in [-0.4, -0.2) is 22.0 Å². The molecule has 0 atom stereocenters. The van der Waals surface area contributed by atoms with E-state index in [0.29, 0.717) is 22.4 Å². The zero-order valence-corrected chi connectivity index (χ0v) is 14.4. The maximum absolute atomic E-state index is 13.4. The van der Waals surface area contributed by atoms with Crippen LogP contribution in [0.4, 0.5) is 4.39 Å². The van der Waals surface area contributed by atoms with Crippen molar-refractivity contribution in [3.63, 3.8) is 0 Å². The van der Waals surface area contributed by atoms with Gasteiger partial charge in [0.1, 0.15) is 17.4 Å². The number of imidazole rings is 1. The molecule has 0 bridgehead atoms. The summed E-state index contributed by atoms with van der Waals surface area (Å²) in [4.78, 5) is 17.0. The zero-order chi connectivity index (χ0) is 19.0. The van der Waals surface area contributed by atoms with E-state index >= 15 is 0 Å². The van der Waals surface area contributed by atoms with Crippen LogP contribution in [0.25, 0.3) is 27.9 Å². The molecule has 0 aliphatic rings. The molecule has 27 heavy (non-hydrogen) atoms. The highest BCUT2D eigenvalue weighted by molar-refractivity contribution is 5.98. The number of carbonyl (C=O) groups is 1. The third-order valence-corrected chi connectivity index (χ3v) is 4.32. The van der Waals surface area contributed by atoms with Crippen LogP contribution in [0.5, 0.6) is 0 Å². The van der Waals surface area contributed by atoms with E-state index in [-0.39, 0.29) is 23.6 Å². The first-order valence-corrected chi connectivity index (χ1v) is 8.41. The number of pyridine rings is 1. The van der Waals surface area contributed by atoms with Crippen LogP contribution in [0.3, 0.4) is 0 Å². The Morgan fingerprint density at radius 2 is 1.96 bits per heavy atom. The predicted molar refractivity (Wildman–Crippen MR) is 98.8 cm³/mol. The molecular formula is C21H14FN3O2. The number of hydrogen-bond acceptors (Lipinski definition) is 4. The molecule has 2 aromatic heterocycles. The number of nitrogens with zero attached hydrogens (tertiary/aromatic N) is 3. The smallest absolute Gasteiger partial charge is 0.339 e. The minimum absolute atomic E-state index is 0.140. The minimum Gasteiger partial charge on any atom is -0.462 e. The number of ether oxygens (including phenoxy) is 1. The number of benzene rings is 2. The average molecular weight is 359 g/mol. The summed E-state index contributed by atoms with van der Waals surface area (Å²) in [5.41, 5.74) is 3.46. The molecule has 6 heteroatoms. The minimum atomic E-state index is -0.591. The second kappa shape index (κ2) is 6.54. The second-order valence-electron chi connectivity index (χ2n) is 5.92. The summed E-state index contributed by atoms with van der Waals surface area (Å²) in [6, 6.07) is 17.1. The van der Waals surface area contributed by atoms with Crippen LogP contribution in [0.1, 0.15) is 22.8 Å². The molecule has 132 valence electrons. The van der Waals surface area contributed by atoms with Crippen molar-refractivity contribution in [2.45, 2.75) is 6.92 Å². The zero-order valence-electron chi connectivity index (χ0n) is 14.4. The summed E-state index contributed by atoms with van der Waals surface area (Å²) >= 11 is 0. The molecular weight excluding hydrogens is 345 g/mol. The lowest BCUT2D eigenvalue weighted by molar-refractivity contribution is 0.0526. The number of nitriles is 1. The van der Waals surface area contributed by atoms with Gasteiger partial charge >= 0.3 is 5.97 Å². The number of halogens is 1. The number of aromatic nitrogens is 2. The highest BCUT2D eigenvalue weighted by Crippen LogP contribution is 2.30. The van der Waals surface area contributed by atoms with E-state index in [1.54, 1.807) is 25.1 Å². The van der Waals surface area contributed by atoms with Gasteiger partial charge in [0.25, 0.3) is 0 Å². The summed E-state index contributed by atoms with van der Waals surface area (Å²) < 4.78 is 20.3. The van der Waals surface area contributed by atoms with Crippen LogP contribution < -0.4 is 0 Å². The second-order valence-corrected chi connectivity index (χ2v) is 5.92. The lowest BCUT2D eigenvalue weighted by Gasteiger charge is -2.12. The van der Waals surface area contributed by atoms with E-state index in [1.165, 1.54) is 12.1 Å². The van der Waals surface area contributed by atoms with Gasteiger partial charge in [-0.3, -0.25) is 4.40 Å². The highest BCUT2D eigenvalue weighted by atomic mass is 19.1. The van der Waals surface area contributed by atoms with E-state index in [4.69, 9.17) is 4.74 Å². The van der Waals surface area contributed by atoms with Gasteiger partial charge < -0.3 is 4.74 Å². The molecule has 2 heterocycles. The molecule has 0 unspecified atom stereocenters. The van der Waals surface area contributed by atoms with Crippen molar-refractivity contribution in [1.29, 1.82) is 5.26 Å². The van der Waals surface area contributed by atoms with E-state index < -0.39 is 5.97 Å². The Bertz CT molecular complexity index is 1220. The lowest BCUT2D eigenvalue weighted by Crippen LogP contribution is -2.10. The third-order valence-electron chi connectivity index (χ3n) is 4.32. The molecule has 0 aliphatic heterocycles. The lowest BCUT2D eigenvalue weighted by atomic mass is 10.0. The Balaban J connectivity index is 2.15. The maximum Gasteiger partial charge on any atom is 0.339 e. The van der Waals surface area contributed by atoms with Gasteiger partial charge in [0.2, 0.25) is 0 Å². The van der Waals surface area contributed by atoms with E-state index in [9.17, 15) is 14.4 Å². The Kier molecular flexibility index (Phi) is 4.05. The molecule has 0 amide bonds. The van der Waals surface area contributed by atoms with Gasteiger partial charge in [-0.25, -0.2) is 14.2 Å². The average Bonchev–Trinajstić information content (AvgIpc) is 3.07. The predicted octanol–water partition coefficient (Wildman–Crippen LogP) is 4.34. The summed E-state index contributed by atoms with van der Waals surface area (Å²) in [6.07, 6.45) is 0. The number of esters is 1. The number of carbonyl (C=O) groups excluding carboxylic acids is 1. The highest BCUT2D eigenvalue weighted by Gasteiger charge is 2.22. The van der Waals surface area contributed by atoms with Gasteiger partial charge in [-0.2, -0.15) is 5.26 Å². The van der Waals surface area contributed by atoms with Crippen molar-refractivity contribution in [3.05, 3.63) is 71.5 Å². The van der Waals surface area contributed by atoms with Gasteiger partial charge in [0, 0.05) is 0 Å². The molecule has 0 N–H and O–H groups in total. The fourth-order valence-corrected chi connectivity index (χ4v) is 3.14. The van der Waals surface area contributed by atoms with Crippen LogP contribution in [-0.2, 0) is 4.74 Å². The molecule has 0 spiro atoms. The fourth-order valence-electron chi connectivity index (χ4n) is 3.14. The Morgan fingerprint density at radius 3 is 2.67 bits per heavy atom. The monoisotopic (exact) mass is 359 g/mol. The van der Waals surface area contributed by atoms with Gasteiger partial charge in [0.05, 0.1) is 28.9 Å². The largest absolute Gasteiger partial charge is 0.462 e. The molecule has 4 aromatic rings. The van der Waals surface area contributed by atoms with Gasteiger partial charge in [-0.15, -0.1) is 0 Å². The maximum atomic E-state index is 13.4. The third kappa shape index (κ3) is 2.70. The number of hydrogen-bond donors (Lipinski definition) is 0. The first kappa shape index (κ1) is 16.7. The molecule has 0 saturated carbocycles. The van der Waals surface area contributed by atoms with E-state index in [0.717, 1.165) is 5.52 Å². The molecule has 0 aliphatic carbocycles. The standard InChI is InChI=1S/C21H14FN3O2/c1-2-27-21(26)15-11-19(13-7-9-14(22)10-8-13)25-18-6-4-3-5-17(18)24-20(25)16(15)12-23/h3-11H,2H2,1H3. The molecule has 0 radical (unpaired) electrons. The van der Waals surface area contributed by atoms with Crippen LogP contribution in [0.15, 0.2) is 54.6 Å². The van der Waals surface area contributed by atoms with Crippen LogP contribution >= 0.6 is 0 Å². The first-order chi connectivity index (χ1) is 13.1. The van der Waals surface area contributed by atoms with Crippen molar-refractivity contribution in [1.82, 2.24) is 9.38 Å². The Labute approximate surface area is 154 Å². The SMILES string of the molecule is CCOC(=O)c1cc(-c2ccc(F)cc2)n2c(nc3ccccc32)c1C#N. The number of rotatable bonds is 3. The molecule has 5 nitrogen and oxygen atoms in total. The van der Waals surface area contributed by atoms with Crippen molar-refractivity contribution in [2.24, 2.45) is 0 Å². The molecule has 0 fully saturated rings. The van der Waals surface area contributed by atoms with Crippen molar-refractivity contribution < 1.29 is 13.9 Å². The van der Waals surface area contributed by atoms with Crippen LogP contribution in [0.2, 0.25) is 0 Å². The van der Waals surface area contributed by atoms with Gasteiger partial charge in [0.15, 0.2) is 5.65 Å². The van der Waals surface area contributed by atoms with E-state index in [1.807, 2.05) is 28.7 Å². The number of fused-ring (bicyclic) bond motifs is 3. The first-order valence-electron chi connectivity index (χ1n) is 8.41. The normalized spacial score (nSPS) is 10.9. The van der Waals surface area contributed by atoms with Gasteiger partial charge in [-0.1, -0.05) is 12.1 Å². The van der Waals surface area contributed by atoms with Crippen molar-refractivity contribution in [3.8, 4) is 17.3 Å². The number of para-hydroxylation sites is 2. The van der Waals surface area contributed by atoms with Gasteiger partial charge in [-0.05, 0) is 55.0 Å².